The zero-order valence-electron chi connectivity index (χ0n) is 7.41. The molecule has 0 saturated heterocycles. The molecule has 0 fully saturated rings. The summed E-state index contributed by atoms with van der Waals surface area (Å²) in [7, 11) is 1.77. The Kier molecular flexibility index (Phi) is 3.50. The number of nitrogens with one attached hydrogen (secondary N) is 3. The average Bonchev–Trinajstić information content (AvgIpc) is 2.21. The predicted molar refractivity (Wildman–Crippen MR) is 53.8 cm³/mol. The van der Waals surface area contributed by atoms with Gasteiger partial charge in [0, 0.05) is 37.5 Å². The summed E-state index contributed by atoms with van der Waals surface area (Å²) in [5, 5.41) is 12.9. The Hall–Kier alpha value is -1.84. The standard InChI is InChI=1S/C9H12N4/c1-11-9(6-10)7-13-8-2-4-12-5-3-8/h2-7,10-11H,1H3,(H,12,13)/b9-7+,10-6?. The monoisotopic (exact) mass is 176 g/mol. The van der Waals surface area contributed by atoms with E-state index >= 15 is 0 Å². The molecular formula is C9H12N4. The van der Waals surface area contributed by atoms with Gasteiger partial charge in [-0.2, -0.15) is 0 Å². The number of rotatable bonds is 4. The van der Waals surface area contributed by atoms with Crippen LogP contribution in [0.4, 0.5) is 5.69 Å². The SMILES string of the molecule is CN/C(C=N)=C/Nc1ccncc1. The Morgan fingerprint density at radius 2 is 2.15 bits per heavy atom. The fourth-order valence-corrected chi connectivity index (χ4v) is 0.795. The first-order valence-corrected chi connectivity index (χ1v) is 3.92. The van der Waals surface area contributed by atoms with Crippen molar-refractivity contribution in [3.05, 3.63) is 36.4 Å². The Morgan fingerprint density at radius 3 is 2.69 bits per heavy atom. The summed E-state index contributed by atoms with van der Waals surface area (Å²) >= 11 is 0. The highest BCUT2D eigenvalue weighted by Gasteiger charge is 1.87. The lowest BCUT2D eigenvalue weighted by Crippen LogP contribution is -2.08. The van der Waals surface area contributed by atoms with E-state index < -0.39 is 0 Å². The molecule has 0 atom stereocenters. The van der Waals surface area contributed by atoms with E-state index in [2.05, 4.69) is 15.6 Å². The molecule has 0 amide bonds. The van der Waals surface area contributed by atoms with Crippen LogP contribution in [0.25, 0.3) is 0 Å². The number of pyridine rings is 1. The van der Waals surface area contributed by atoms with Crippen molar-refractivity contribution in [1.29, 1.82) is 5.41 Å². The lowest BCUT2D eigenvalue weighted by Gasteiger charge is -2.02. The van der Waals surface area contributed by atoms with E-state index in [4.69, 9.17) is 5.41 Å². The number of nitrogens with zero attached hydrogens (tertiary/aromatic N) is 1. The lowest BCUT2D eigenvalue weighted by molar-refractivity contribution is 1.05. The average molecular weight is 176 g/mol. The maximum atomic E-state index is 7.02. The molecule has 0 aliphatic rings. The molecule has 0 aromatic carbocycles. The second-order valence-electron chi connectivity index (χ2n) is 2.37. The first-order chi connectivity index (χ1) is 6.36. The van der Waals surface area contributed by atoms with Gasteiger partial charge in [0.1, 0.15) is 0 Å². The van der Waals surface area contributed by atoms with E-state index in [1.54, 1.807) is 25.6 Å². The van der Waals surface area contributed by atoms with Crippen LogP contribution in [0, 0.1) is 5.41 Å². The van der Waals surface area contributed by atoms with Gasteiger partial charge in [-0.1, -0.05) is 0 Å². The van der Waals surface area contributed by atoms with Gasteiger partial charge in [-0.15, -0.1) is 0 Å². The van der Waals surface area contributed by atoms with Crippen LogP contribution < -0.4 is 10.6 Å². The predicted octanol–water partition coefficient (Wildman–Crippen LogP) is 1.20. The summed E-state index contributed by atoms with van der Waals surface area (Å²) < 4.78 is 0. The second-order valence-corrected chi connectivity index (χ2v) is 2.37. The Bertz CT molecular complexity index is 292. The van der Waals surface area contributed by atoms with Gasteiger partial charge in [0.25, 0.3) is 0 Å². The maximum absolute atomic E-state index is 7.02. The number of hydrogen-bond donors (Lipinski definition) is 3. The topological polar surface area (TPSA) is 60.8 Å². The van der Waals surface area contributed by atoms with Gasteiger partial charge in [-0.25, -0.2) is 0 Å². The minimum atomic E-state index is 0.719. The zero-order chi connectivity index (χ0) is 9.52. The Labute approximate surface area is 77.2 Å². The summed E-state index contributed by atoms with van der Waals surface area (Å²) in [6, 6.07) is 3.71. The molecule has 1 aromatic rings. The molecule has 0 aliphatic carbocycles. The quantitative estimate of drug-likeness (QED) is 0.604. The third kappa shape index (κ3) is 2.94. The van der Waals surface area contributed by atoms with Gasteiger partial charge in [-0.3, -0.25) is 4.98 Å². The molecule has 0 bridgehead atoms. The molecule has 0 radical (unpaired) electrons. The minimum absolute atomic E-state index is 0.719. The molecule has 1 heterocycles. The third-order valence-electron chi connectivity index (χ3n) is 1.52. The summed E-state index contributed by atoms with van der Waals surface area (Å²) in [6.45, 7) is 0. The highest BCUT2D eigenvalue weighted by molar-refractivity contribution is 5.75. The molecule has 3 N–H and O–H groups in total. The number of allylic oxidation sites excluding steroid dienone is 1. The van der Waals surface area contributed by atoms with Crippen molar-refractivity contribution in [2.24, 2.45) is 0 Å². The van der Waals surface area contributed by atoms with Crippen molar-refractivity contribution < 1.29 is 0 Å². The molecule has 13 heavy (non-hydrogen) atoms. The summed E-state index contributed by atoms with van der Waals surface area (Å²) in [5.74, 6) is 0. The van der Waals surface area contributed by atoms with Crippen molar-refractivity contribution in [1.82, 2.24) is 10.3 Å². The van der Waals surface area contributed by atoms with Crippen molar-refractivity contribution in [2.45, 2.75) is 0 Å². The fraction of sp³-hybridized carbons (Fsp3) is 0.111. The van der Waals surface area contributed by atoms with Crippen molar-refractivity contribution in [2.75, 3.05) is 12.4 Å². The molecule has 68 valence electrons. The van der Waals surface area contributed by atoms with Crippen LogP contribution in [-0.4, -0.2) is 18.2 Å². The molecule has 1 aromatic heterocycles. The maximum Gasteiger partial charge on any atom is 0.0679 e. The van der Waals surface area contributed by atoms with E-state index in [1.807, 2.05) is 12.1 Å². The number of aromatic nitrogens is 1. The second kappa shape index (κ2) is 4.92. The minimum Gasteiger partial charge on any atom is -0.386 e. The normalized spacial score (nSPS) is 10.7. The first kappa shape index (κ1) is 9.25. The van der Waals surface area contributed by atoms with Gasteiger partial charge in [-0.05, 0) is 12.1 Å². The summed E-state index contributed by atoms with van der Waals surface area (Å²) in [4.78, 5) is 3.89. The number of hydrogen-bond acceptors (Lipinski definition) is 4. The Balaban J connectivity index is 2.60. The van der Waals surface area contributed by atoms with Gasteiger partial charge >= 0.3 is 0 Å². The molecule has 0 aliphatic heterocycles. The van der Waals surface area contributed by atoms with Gasteiger partial charge in [0.15, 0.2) is 0 Å². The van der Waals surface area contributed by atoms with Crippen LogP contribution in [0.15, 0.2) is 36.4 Å². The van der Waals surface area contributed by atoms with Crippen LogP contribution in [0.1, 0.15) is 0 Å². The summed E-state index contributed by atoms with van der Waals surface area (Å²) in [5.41, 5.74) is 1.67. The van der Waals surface area contributed by atoms with Crippen LogP contribution >= 0.6 is 0 Å². The smallest absolute Gasteiger partial charge is 0.0679 e. The van der Waals surface area contributed by atoms with Crippen molar-refractivity contribution in [3.63, 3.8) is 0 Å². The highest BCUT2D eigenvalue weighted by atomic mass is 14.9. The number of anilines is 1. The molecule has 0 saturated carbocycles. The van der Waals surface area contributed by atoms with Crippen LogP contribution in [-0.2, 0) is 0 Å². The largest absolute Gasteiger partial charge is 0.386 e. The molecular weight excluding hydrogens is 164 g/mol. The fourth-order valence-electron chi connectivity index (χ4n) is 0.795. The molecule has 0 unspecified atom stereocenters. The van der Waals surface area contributed by atoms with Crippen LogP contribution in [0.5, 0.6) is 0 Å². The van der Waals surface area contributed by atoms with Crippen LogP contribution in [0.2, 0.25) is 0 Å². The molecule has 4 heteroatoms. The molecule has 1 rings (SSSR count). The van der Waals surface area contributed by atoms with Gasteiger partial charge in [0.2, 0.25) is 0 Å². The Morgan fingerprint density at radius 1 is 1.46 bits per heavy atom. The summed E-state index contributed by atoms with van der Waals surface area (Å²) in [6.07, 6.45) is 6.38. The van der Waals surface area contributed by atoms with E-state index in [9.17, 15) is 0 Å². The van der Waals surface area contributed by atoms with E-state index in [0.29, 0.717) is 0 Å². The first-order valence-electron chi connectivity index (χ1n) is 3.92. The van der Waals surface area contributed by atoms with E-state index in [1.165, 1.54) is 6.21 Å². The highest BCUT2D eigenvalue weighted by Crippen LogP contribution is 2.02. The molecule has 4 nitrogen and oxygen atoms in total. The molecule has 0 spiro atoms. The van der Waals surface area contributed by atoms with E-state index in [-0.39, 0.29) is 0 Å². The van der Waals surface area contributed by atoms with Gasteiger partial charge < -0.3 is 16.0 Å². The van der Waals surface area contributed by atoms with Crippen molar-refractivity contribution >= 4 is 11.9 Å². The van der Waals surface area contributed by atoms with E-state index in [0.717, 1.165) is 11.4 Å². The van der Waals surface area contributed by atoms with Crippen LogP contribution in [0.3, 0.4) is 0 Å². The van der Waals surface area contributed by atoms with Crippen molar-refractivity contribution in [3.8, 4) is 0 Å². The zero-order valence-corrected chi connectivity index (χ0v) is 7.41. The van der Waals surface area contributed by atoms with Gasteiger partial charge in [0.05, 0.1) is 5.70 Å². The lowest BCUT2D eigenvalue weighted by atomic mass is 10.4. The third-order valence-corrected chi connectivity index (χ3v) is 1.52.